The molecule has 0 N–H and O–H groups in total. The summed E-state index contributed by atoms with van der Waals surface area (Å²) in [5, 5.41) is 6.02. The Bertz CT molecular complexity index is 2950. The van der Waals surface area contributed by atoms with Gasteiger partial charge in [0.05, 0.1) is 33.3 Å². The number of para-hydroxylation sites is 4. The Balaban J connectivity index is 1.26. The zero-order valence-electron chi connectivity index (χ0n) is 25.8. The van der Waals surface area contributed by atoms with Gasteiger partial charge in [-0.2, -0.15) is 0 Å². The fraction of sp³-hybridized carbons (Fsp3) is 0. The fourth-order valence-electron chi connectivity index (χ4n) is 7.98. The Morgan fingerprint density at radius 3 is 2.04 bits per heavy atom. The molecule has 5 heterocycles. The second-order valence-corrected chi connectivity index (χ2v) is 12.6. The normalized spacial score (nSPS) is 12.2. The van der Waals surface area contributed by atoms with Crippen LogP contribution in [-0.2, 0) is 0 Å². The van der Waals surface area contributed by atoms with Crippen LogP contribution in [0.4, 0.5) is 0 Å². The summed E-state index contributed by atoms with van der Waals surface area (Å²) in [7, 11) is 0. The van der Waals surface area contributed by atoms with Crippen LogP contribution in [0.2, 0.25) is 0 Å². The van der Waals surface area contributed by atoms with Crippen LogP contribution in [0.25, 0.3) is 99.5 Å². The lowest BCUT2D eigenvalue weighted by molar-refractivity contribution is 1.11. The van der Waals surface area contributed by atoms with E-state index in [9.17, 15) is 0 Å². The van der Waals surface area contributed by atoms with E-state index in [1.807, 2.05) is 12.3 Å². The van der Waals surface area contributed by atoms with Gasteiger partial charge < -0.3 is 4.57 Å². The molecule has 0 unspecified atom stereocenters. The first-order valence-corrected chi connectivity index (χ1v) is 16.3. The molecule has 11 rings (SSSR count). The van der Waals surface area contributed by atoms with Gasteiger partial charge in [0.15, 0.2) is 0 Å². The topological polar surface area (TPSA) is 35.6 Å². The van der Waals surface area contributed by atoms with Crippen LogP contribution in [0.1, 0.15) is 0 Å². The van der Waals surface area contributed by atoms with E-state index >= 15 is 0 Å². The molecule has 0 atom stereocenters. The molecule has 4 heteroatoms. The highest BCUT2D eigenvalue weighted by Crippen LogP contribution is 2.48. The van der Waals surface area contributed by atoms with E-state index in [0.29, 0.717) is 0 Å². The van der Waals surface area contributed by atoms with Gasteiger partial charge in [0.1, 0.15) is 5.82 Å². The Labute approximate surface area is 275 Å². The highest BCUT2D eigenvalue weighted by Gasteiger charge is 2.27. The van der Waals surface area contributed by atoms with Crippen molar-refractivity contribution in [2.45, 2.75) is 0 Å². The van der Waals surface area contributed by atoms with Crippen molar-refractivity contribution in [3.63, 3.8) is 0 Å². The monoisotopic (exact) mass is 610 g/mol. The number of nitrogens with zero attached hydrogens (tertiary/aromatic N) is 4. The van der Waals surface area contributed by atoms with Gasteiger partial charge >= 0.3 is 0 Å². The van der Waals surface area contributed by atoms with E-state index in [1.54, 1.807) is 0 Å². The van der Waals surface area contributed by atoms with Crippen molar-refractivity contribution in [1.29, 1.82) is 0 Å². The molecule has 1 aliphatic rings. The first-order chi connectivity index (χ1) is 23.8. The summed E-state index contributed by atoms with van der Waals surface area (Å²) in [6.07, 6.45) is 1.91. The molecular weight excluding hydrogens is 585 g/mol. The zero-order chi connectivity index (χ0) is 31.3. The number of rotatable bonds is 2. The number of fused-ring (bicyclic) bond motifs is 12. The van der Waals surface area contributed by atoms with Gasteiger partial charge in [0.25, 0.3) is 0 Å². The van der Waals surface area contributed by atoms with Gasteiger partial charge in [0, 0.05) is 55.5 Å². The fourth-order valence-corrected chi connectivity index (χ4v) is 7.98. The summed E-state index contributed by atoms with van der Waals surface area (Å²) in [6, 6.07) is 54.6. The lowest BCUT2D eigenvalue weighted by Gasteiger charge is -2.12. The Morgan fingerprint density at radius 2 is 1.17 bits per heavy atom. The molecule has 0 aliphatic carbocycles. The minimum atomic E-state index is 0.939. The summed E-state index contributed by atoms with van der Waals surface area (Å²) < 4.78 is 4.75. The number of hydrogen-bond donors (Lipinski definition) is 0. The van der Waals surface area contributed by atoms with Crippen LogP contribution in [-0.4, -0.2) is 19.1 Å². The molecule has 4 aromatic heterocycles. The van der Waals surface area contributed by atoms with E-state index in [1.165, 1.54) is 38.1 Å². The van der Waals surface area contributed by atoms with E-state index in [-0.39, 0.29) is 0 Å². The highest BCUT2D eigenvalue weighted by atomic mass is 15.1. The van der Waals surface area contributed by atoms with Gasteiger partial charge in [-0.25, -0.2) is 4.98 Å². The maximum Gasteiger partial charge on any atom is 0.146 e. The van der Waals surface area contributed by atoms with Crippen molar-refractivity contribution < 1.29 is 0 Å². The van der Waals surface area contributed by atoms with Gasteiger partial charge in [-0.05, 0) is 71.8 Å². The minimum Gasteiger partial charge on any atom is -0.309 e. The minimum absolute atomic E-state index is 0.939. The molecule has 0 saturated heterocycles. The molecule has 0 bridgehead atoms. The summed E-state index contributed by atoms with van der Waals surface area (Å²) in [5.41, 5.74) is 13.4. The Hall–Kier alpha value is -6.52. The third-order valence-electron chi connectivity index (χ3n) is 10.1. The molecule has 0 fully saturated rings. The molecule has 10 aromatic rings. The van der Waals surface area contributed by atoms with E-state index in [4.69, 9.17) is 9.97 Å². The smallest absolute Gasteiger partial charge is 0.146 e. The number of aromatic nitrogens is 4. The lowest BCUT2D eigenvalue weighted by Crippen LogP contribution is -2.00. The molecular formula is C44H26N4. The summed E-state index contributed by atoms with van der Waals surface area (Å²) >= 11 is 0. The van der Waals surface area contributed by atoms with Crippen molar-refractivity contribution in [1.82, 2.24) is 19.1 Å². The second-order valence-electron chi connectivity index (χ2n) is 12.6. The van der Waals surface area contributed by atoms with Crippen molar-refractivity contribution in [3.05, 3.63) is 158 Å². The first-order valence-electron chi connectivity index (χ1n) is 16.3. The van der Waals surface area contributed by atoms with E-state index in [0.717, 1.165) is 61.4 Å². The van der Waals surface area contributed by atoms with Crippen molar-refractivity contribution >= 4 is 54.5 Å². The molecule has 222 valence electrons. The van der Waals surface area contributed by atoms with E-state index in [2.05, 4.69) is 155 Å². The average Bonchev–Trinajstić information content (AvgIpc) is 3.63. The second kappa shape index (κ2) is 9.50. The molecule has 4 nitrogen and oxygen atoms in total. The predicted octanol–water partition coefficient (Wildman–Crippen LogP) is 11.1. The highest BCUT2D eigenvalue weighted by molar-refractivity contribution is 6.18. The largest absolute Gasteiger partial charge is 0.309 e. The maximum atomic E-state index is 5.33. The Kier molecular flexibility index (Phi) is 5.08. The first kappa shape index (κ1) is 25.6. The van der Waals surface area contributed by atoms with Crippen LogP contribution in [0, 0.1) is 0 Å². The summed E-state index contributed by atoms with van der Waals surface area (Å²) in [5.74, 6) is 0.939. The van der Waals surface area contributed by atoms with Gasteiger partial charge in [-0.1, -0.05) is 91.0 Å². The molecule has 0 saturated carbocycles. The summed E-state index contributed by atoms with van der Waals surface area (Å²) in [6.45, 7) is 0. The van der Waals surface area contributed by atoms with Crippen molar-refractivity contribution in [2.75, 3.05) is 0 Å². The number of benzene rings is 6. The number of pyridine rings is 2. The lowest BCUT2D eigenvalue weighted by atomic mass is 9.94. The third kappa shape index (κ3) is 3.43. The van der Waals surface area contributed by atoms with Gasteiger partial charge in [-0.15, -0.1) is 0 Å². The van der Waals surface area contributed by atoms with Crippen LogP contribution >= 0.6 is 0 Å². The van der Waals surface area contributed by atoms with Gasteiger partial charge in [0.2, 0.25) is 0 Å². The predicted molar refractivity (Wildman–Crippen MR) is 198 cm³/mol. The average molecular weight is 611 g/mol. The zero-order valence-corrected chi connectivity index (χ0v) is 25.8. The maximum absolute atomic E-state index is 5.33. The molecule has 0 amide bonds. The molecule has 48 heavy (non-hydrogen) atoms. The molecule has 1 aliphatic heterocycles. The molecule has 6 aromatic carbocycles. The molecule has 0 spiro atoms. The van der Waals surface area contributed by atoms with Crippen LogP contribution in [0.15, 0.2) is 158 Å². The van der Waals surface area contributed by atoms with Crippen LogP contribution in [0.5, 0.6) is 0 Å². The summed E-state index contributed by atoms with van der Waals surface area (Å²) in [4.78, 5) is 10.4. The molecule has 0 radical (unpaired) electrons. The van der Waals surface area contributed by atoms with Crippen molar-refractivity contribution in [2.24, 2.45) is 0 Å². The number of hydrogen-bond acceptors (Lipinski definition) is 2. The quantitative estimate of drug-likeness (QED) is 0.195. The van der Waals surface area contributed by atoms with Crippen LogP contribution < -0.4 is 0 Å². The third-order valence-corrected chi connectivity index (χ3v) is 10.1. The van der Waals surface area contributed by atoms with E-state index < -0.39 is 0 Å². The van der Waals surface area contributed by atoms with Crippen LogP contribution in [0.3, 0.4) is 0 Å². The van der Waals surface area contributed by atoms with Gasteiger partial charge in [-0.3, -0.25) is 9.55 Å². The Morgan fingerprint density at radius 1 is 0.438 bits per heavy atom. The SMILES string of the molecule is c1ccc(-n2c3ccccc3c3ccc(-c4cc5c6c(c4)c4ccccc4n6-c4nc6ccccc6cc4-c4cccnc4-5)cc32)cc1. The van der Waals surface area contributed by atoms with Crippen molar-refractivity contribution in [3.8, 4) is 45.0 Å². The standard InChI is InChI=1S/C44H26N4/c1-2-12-30(13-3-1)47-39-18-8-5-14-31(39)33-21-20-27(26-41(33)47)29-24-35-32-15-6-9-19-40(32)48-43(35)37(25-29)42-34(16-10-22-45-42)36-23-28-11-4-7-17-38(28)46-44(36)48/h1-26H.